The fourth-order valence-electron chi connectivity index (χ4n) is 2.75. The van der Waals surface area contributed by atoms with E-state index in [1.54, 1.807) is 11.0 Å². The minimum absolute atomic E-state index is 0.0000378. The van der Waals surface area contributed by atoms with Crippen molar-refractivity contribution in [2.45, 2.75) is 32.9 Å². The molecule has 1 N–H and O–H groups in total. The Morgan fingerprint density at radius 1 is 1.36 bits per heavy atom. The van der Waals surface area contributed by atoms with Crippen LogP contribution >= 0.6 is 0 Å². The van der Waals surface area contributed by atoms with E-state index in [-0.39, 0.29) is 25.4 Å². The van der Waals surface area contributed by atoms with Gasteiger partial charge in [-0.3, -0.25) is 9.69 Å². The second-order valence-electron chi connectivity index (χ2n) is 5.91. The molecule has 0 bridgehead atoms. The van der Waals surface area contributed by atoms with Crippen LogP contribution in [0, 0.1) is 19.8 Å². The number of likely N-dealkylation sites (tertiary alicyclic amines) is 1. The molecule has 22 heavy (non-hydrogen) atoms. The van der Waals surface area contributed by atoms with Gasteiger partial charge in [0, 0.05) is 12.2 Å². The number of carbonyl (C=O) groups is 1. The lowest BCUT2D eigenvalue weighted by Gasteiger charge is -2.33. The summed E-state index contributed by atoms with van der Waals surface area (Å²) in [6.07, 6.45) is -3.55. The van der Waals surface area contributed by atoms with Crippen LogP contribution in [0.3, 0.4) is 0 Å². The Hall–Kier alpha value is -1.56. The summed E-state index contributed by atoms with van der Waals surface area (Å²) < 4.78 is 38.3. The molecule has 0 aliphatic carbocycles. The number of benzene rings is 1. The molecule has 1 aromatic carbocycles. The van der Waals surface area contributed by atoms with Gasteiger partial charge in [-0.1, -0.05) is 12.1 Å². The topological polar surface area (TPSA) is 32.3 Å². The maximum absolute atomic E-state index is 12.8. The van der Waals surface area contributed by atoms with E-state index in [4.69, 9.17) is 0 Å². The summed E-state index contributed by atoms with van der Waals surface area (Å²) in [7, 11) is 0. The fraction of sp³-hybridized carbons (Fsp3) is 0.562. The largest absolute Gasteiger partial charge is 0.393 e. The summed E-state index contributed by atoms with van der Waals surface area (Å²) in [4.78, 5) is 13.7. The third-order valence-corrected chi connectivity index (χ3v) is 4.21. The number of amides is 1. The molecule has 1 amide bonds. The molecule has 1 aliphatic rings. The first-order valence-electron chi connectivity index (χ1n) is 7.42. The molecular formula is C16H21F3N2O. The molecule has 0 unspecified atom stereocenters. The van der Waals surface area contributed by atoms with Crippen molar-refractivity contribution in [3.05, 3.63) is 29.3 Å². The fourth-order valence-corrected chi connectivity index (χ4v) is 2.75. The van der Waals surface area contributed by atoms with Gasteiger partial charge in [0.15, 0.2) is 0 Å². The molecule has 3 nitrogen and oxygen atoms in total. The Balaban J connectivity index is 1.93. The Morgan fingerprint density at radius 2 is 2.09 bits per heavy atom. The molecule has 1 saturated heterocycles. The third kappa shape index (κ3) is 4.22. The Morgan fingerprint density at radius 3 is 2.77 bits per heavy atom. The van der Waals surface area contributed by atoms with Gasteiger partial charge in [-0.2, -0.15) is 13.2 Å². The average molecular weight is 314 g/mol. The average Bonchev–Trinajstić information content (AvgIpc) is 2.43. The molecule has 1 aliphatic heterocycles. The molecule has 1 atom stereocenters. The SMILES string of the molecule is Cc1cccc(NC(=O)CN2CCC[C@H](C(F)(F)F)C2)c1C. The number of aryl methyl sites for hydroxylation is 1. The van der Waals surface area contributed by atoms with Gasteiger partial charge < -0.3 is 5.32 Å². The zero-order valence-electron chi connectivity index (χ0n) is 12.8. The van der Waals surface area contributed by atoms with Gasteiger partial charge in [0.25, 0.3) is 0 Å². The van der Waals surface area contributed by atoms with Crippen LogP contribution in [0.4, 0.5) is 18.9 Å². The van der Waals surface area contributed by atoms with Crippen LogP contribution in [-0.4, -0.2) is 36.6 Å². The second kappa shape index (κ2) is 6.69. The number of carbonyl (C=O) groups excluding carboxylic acids is 1. The predicted molar refractivity (Wildman–Crippen MR) is 79.8 cm³/mol. The summed E-state index contributed by atoms with van der Waals surface area (Å²) in [6.45, 7) is 4.30. The highest BCUT2D eigenvalue weighted by Crippen LogP contribution is 2.33. The highest BCUT2D eigenvalue weighted by atomic mass is 19.4. The number of nitrogens with one attached hydrogen (secondary N) is 1. The minimum atomic E-state index is -4.18. The zero-order valence-corrected chi connectivity index (χ0v) is 12.8. The van der Waals surface area contributed by atoms with E-state index in [0.717, 1.165) is 16.8 Å². The van der Waals surface area contributed by atoms with Crippen LogP contribution in [0.25, 0.3) is 0 Å². The number of rotatable bonds is 3. The van der Waals surface area contributed by atoms with Gasteiger partial charge in [0.2, 0.25) is 5.91 Å². The first-order valence-corrected chi connectivity index (χ1v) is 7.42. The lowest BCUT2D eigenvalue weighted by molar-refractivity contribution is -0.186. The standard InChI is InChI=1S/C16H21F3N2O/c1-11-5-3-7-14(12(11)2)20-15(22)10-21-8-4-6-13(9-21)16(17,18)19/h3,5,7,13H,4,6,8-10H2,1-2H3,(H,20,22)/t13-/m0/s1. The molecule has 0 aromatic heterocycles. The van der Waals surface area contributed by atoms with Crippen LogP contribution in [0.5, 0.6) is 0 Å². The number of nitrogens with zero attached hydrogens (tertiary/aromatic N) is 1. The van der Waals surface area contributed by atoms with E-state index in [1.165, 1.54) is 0 Å². The van der Waals surface area contributed by atoms with Crippen LogP contribution < -0.4 is 5.32 Å². The van der Waals surface area contributed by atoms with Gasteiger partial charge in [0.1, 0.15) is 0 Å². The van der Waals surface area contributed by atoms with Crippen LogP contribution in [0.1, 0.15) is 24.0 Å². The number of hydrogen-bond acceptors (Lipinski definition) is 2. The van der Waals surface area contributed by atoms with Crippen molar-refractivity contribution < 1.29 is 18.0 Å². The van der Waals surface area contributed by atoms with Crippen LogP contribution in [0.15, 0.2) is 18.2 Å². The third-order valence-electron chi connectivity index (χ3n) is 4.21. The molecule has 1 aromatic rings. The molecule has 6 heteroatoms. The maximum Gasteiger partial charge on any atom is 0.393 e. The lowest BCUT2D eigenvalue weighted by atomic mass is 9.97. The number of halogens is 3. The predicted octanol–water partition coefficient (Wildman–Crippen LogP) is 3.52. The number of anilines is 1. The molecule has 0 radical (unpaired) electrons. The lowest BCUT2D eigenvalue weighted by Crippen LogP contribution is -2.44. The van der Waals surface area contributed by atoms with Gasteiger partial charge in [0.05, 0.1) is 12.5 Å². The van der Waals surface area contributed by atoms with E-state index in [2.05, 4.69) is 5.32 Å². The summed E-state index contributed by atoms with van der Waals surface area (Å²) >= 11 is 0. The normalized spacial score (nSPS) is 20.0. The van der Waals surface area contributed by atoms with Crippen molar-refractivity contribution >= 4 is 11.6 Å². The van der Waals surface area contributed by atoms with Crippen molar-refractivity contribution in [1.82, 2.24) is 4.90 Å². The number of alkyl halides is 3. The molecule has 0 saturated carbocycles. The first kappa shape index (κ1) is 16.8. The highest BCUT2D eigenvalue weighted by molar-refractivity contribution is 5.93. The van der Waals surface area contributed by atoms with E-state index in [0.29, 0.717) is 13.0 Å². The summed E-state index contributed by atoms with van der Waals surface area (Å²) in [6, 6.07) is 5.59. The Labute approximate surface area is 128 Å². The van der Waals surface area contributed by atoms with Crippen LogP contribution in [-0.2, 0) is 4.79 Å². The highest BCUT2D eigenvalue weighted by Gasteiger charge is 2.41. The van der Waals surface area contributed by atoms with Gasteiger partial charge in [-0.05, 0) is 50.4 Å². The smallest absolute Gasteiger partial charge is 0.325 e. The van der Waals surface area contributed by atoms with Gasteiger partial charge >= 0.3 is 6.18 Å². The molecule has 1 heterocycles. The van der Waals surface area contributed by atoms with Crippen molar-refractivity contribution in [2.24, 2.45) is 5.92 Å². The molecular weight excluding hydrogens is 293 g/mol. The number of hydrogen-bond donors (Lipinski definition) is 1. The summed E-state index contributed by atoms with van der Waals surface area (Å²) in [5.41, 5.74) is 2.75. The van der Waals surface area contributed by atoms with Gasteiger partial charge in [-0.15, -0.1) is 0 Å². The van der Waals surface area contributed by atoms with Gasteiger partial charge in [-0.25, -0.2) is 0 Å². The summed E-state index contributed by atoms with van der Waals surface area (Å²) in [5, 5.41) is 2.79. The molecule has 122 valence electrons. The van der Waals surface area contributed by atoms with E-state index in [9.17, 15) is 18.0 Å². The molecule has 2 rings (SSSR count). The monoisotopic (exact) mass is 314 g/mol. The Bertz CT molecular complexity index is 543. The van der Waals surface area contributed by atoms with Crippen LogP contribution in [0.2, 0.25) is 0 Å². The van der Waals surface area contributed by atoms with Crippen molar-refractivity contribution in [1.29, 1.82) is 0 Å². The second-order valence-corrected chi connectivity index (χ2v) is 5.91. The quantitative estimate of drug-likeness (QED) is 0.926. The minimum Gasteiger partial charge on any atom is -0.325 e. The summed E-state index contributed by atoms with van der Waals surface area (Å²) in [5.74, 6) is -1.59. The molecule has 0 spiro atoms. The maximum atomic E-state index is 12.8. The zero-order chi connectivity index (χ0) is 16.3. The van der Waals surface area contributed by atoms with E-state index < -0.39 is 12.1 Å². The van der Waals surface area contributed by atoms with Crippen molar-refractivity contribution in [2.75, 3.05) is 25.0 Å². The van der Waals surface area contributed by atoms with Crippen molar-refractivity contribution in [3.63, 3.8) is 0 Å². The Kier molecular flexibility index (Phi) is 5.11. The van der Waals surface area contributed by atoms with Crippen molar-refractivity contribution in [3.8, 4) is 0 Å². The number of piperidine rings is 1. The van der Waals surface area contributed by atoms with E-state index in [1.807, 2.05) is 26.0 Å². The molecule has 1 fully saturated rings. The van der Waals surface area contributed by atoms with E-state index >= 15 is 0 Å². The first-order chi connectivity index (χ1) is 10.3.